The van der Waals surface area contributed by atoms with Gasteiger partial charge in [-0.15, -0.1) is 11.3 Å². The zero-order valence-corrected chi connectivity index (χ0v) is 9.61. The largest absolute Gasteiger partial charge is 0.469 e. The second-order valence-corrected chi connectivity index (χ2v) is 4.29. The van der Waals surface area contributed by atoms with E-state index < -0.39 is 18.2 Å². The molecule has 0 aliphatic rings. The molecule has 0 spiro atoms. The van der Waals surface area contributed by atoms with Crippen LogP contribution in [-0.4, -0.2) is 34.5 Å². The van der Waals surface area contributed by atoms with Crippen LogP contribution in [0, 0.1) is 0 Å². The van der Waals surface area contributed by atoms with Crippen molar-refractivity contribution >= 4 is 17.3 Å². The molecule has 2 atom stereocenters. The minimum absolute atomic E-state index is 0.107. The molecule has 0 radical (unpaired) electrons. The van der Waals surface area contributed by atoms with E-state index in [1.807, 2.05) is 0 Å². The molecule has 6 heteroatoms. The molecule has 0 amide bonds. The minimum Gasteiger partial charge on any atom is -0.469 e. The lowest BCUT2D eigenvalue weighted by Gasteiger charge is -2.15. The van der Waals surface area contributed by atoms with Gasteiger partial charge in [0.1, 0.15) is 6.10 Å². The highest BCUT2D eigenvalue weighted by Crippen LogP contribution is 2.24. The summed E-state index contributed by atoms with van der Waals surface area (Å²) >= 11 is 1.28. The van der Waals surface area contributed by atoms with Crippen LogP contribution >= 0.6 is 11.3 Å². The molecule has 0 aromatic carbocycles. The summed E-state index contributed by atoms with van der Waals surface area (Å²) < 4.78 is 4.39. The van der Waals surface area contributed by atoms with E-state index >= 15 is 0 Å². The second-order valence-electron chi connectivity index (χ2n) is 3.30. The van der Waals surface area contributed by atoms with Gasteiger partial charge >= 0.3 is 5.97 Å². The molecule has 0 aliphatic heterocycles. The number of methoxy groups -OCH3 is 1. The van der Waals surface area contributed by atoms with Gasteiger partial charge in [0.25, 0.3) is 0 Å². The molecule has 0 fully saturated rings. The molecular weight excluding hydrogens is 232 g/mol. The van der Waals surface area contributed by atoms with E-state index in [4.69, 9.17) is 5.11 Å². The summed E-state index contributed by atoms with van der Waals surface area (Å²) in [6.07, 6.45) is -2.61. The van der Waals surface area contributed by atoms with Crippen LogP contribution < -0.4 is 0 Å². The van der Waals surface area contributed by atoms with Crippen molar-refractivity contribution in [2.45, 2.75) is 25.2 Å². The van der Waals surface area contributed by atoms with Crippen molar-refractivity contribution in [3.8, 4) is 0 Å². The van der Waals surface area contributed by atoms with Crippen LogP contribution in [0.2, 0.25) is 0 Å². The van der Waals surface area contributed by atoms with Gasteiger partial charge in [0.2, 0.25) is 0 Å². The first-order valence-electron chi connectivity index (χ1n) is 4.69. The van der Waals surface area contributed by atoms with Gasteiger partial charge in [-0.3, -0.25) is 4.79 Å². The number of aliphatic hydroxyl groups excluding tert-OH is 3. The van der Waals surface area contributed by atoms with Gasteiger partial charge in [0.15, 0.2) is 0 Å². The van der Waals surface area contributed by atoms with Crippen LogP contribution in [0.25, 0.3) is 0 Å². The van der Waals surface area contributed by atoms with E-state index in [2.05, 4.69) is 4.74 Å². The monoisotopic (exact) mass is 246 g/mol. The summed E-state index contributed by atoms with van der Waals surface area (Å²) in [5.41, 5.74) is 0.491. The molecule has 1 aromatic heterocycles. The first-order valence-corrected chi connectivity index (χ1v) is 5.57. The van der Waals surface area contributed by atoms with Gasteiger partial charge in [-0.05, 0) is 17.0 Å². The van der Waals surface area contributed by atoms with E-state index in [1.54, 1.807) is 11.4 Å². The van der Waals surface area contributed by atoms with Gasteiger partial charge < -0.3 is 20.1 Å². The number of carbonyl (C=O) groups is 1. The predicted octanol–water partition coefficient (Wildman–Crippen LogP) is 0.198. The van der Waals surface area contributed by atoms with E-state index in [1.165, 1.54) is 18.4 Å². The zero-order valence-electron chi connectivity index (χ0n) is 8.79. The summed E-state index contributed by atoms with van der Waals surface area (Å²) in [6.45, 7) is -0.107. The van der Waals surface area contributed by atoms with Crippen LogP contribution in [0.5, 0.6) is 0 Å². The van der Waals surface area contributed by atoms with Crippen LogP contribution in [-0.2, 0) is 16.1 Å². The van der Waals surface area contributed by atoms with Crippen LogP contribution in [0.4, 0.5) is 0 Å². The lowest BCUT2D eigenvalue weighted by atomic mass is 10.1. The summed E-state index contributed by atoms with van der Waals surface area (Å²) in [5.74, 6) is -0.579. The highest BCUT2D eigenvalue weighted by Gasteiger charge is 2.22. The van der Waals surface area contributed by atoms with Crippen molar-refractivity contribution in [3.05, 3.63) is 21.9 Å². The number of ether oxygens (including phenoxy) is 1. The van der Waals surface area contributed by atoms with Crippen molar-refractivity contribution in [2.24, 2.45) is 0 Å². The molecule has 1 aromatic rings. The standard InChI is InChI=1S/C10H14O5S/c1-15-9(13)3-8(12)10(14)6-2-7(4-11)16-5-6/h2,5,8,10-12,14H,3-4H2,1H3. The summed E-state index contributed by atoms with van der Waals surface area (Å²) in [6, 6.07) is 1.59. The third-order valence-electron chi connectivity index (χ3n) is 2.14. The number of aliphatic hydroxyl groups is 3. The molecule has 3 N–H and O–H groups in total. The summed E-state index contributed by atoms with van der Waals surface area (Å²) in [5, 5.41) is 29.7. The average Bonchev–Trinajstić information content (AvgIpc) is 2.76. The smallest absolute Gasteiger partial charge is 0.308 e. The first kappa shape index (κ1) is 13.1. The fourth-order valence-electron chi connectivity index (χ4n) is 1.22. The molecule has 0 saturated carbocycles. The molecule has 90 valence electrons. The fraction of sp³-hybridized carbons (Fsp3) is 0.500. The van der Waals surface area contributed by atoms with Crippen LogP contribution in [0.15, 0.2) is 11.4 Å². The maximum Gasteiger partial charge on any atom is 0.308 e. The van der Waals surface area contributed by atoms with Crippen LogP contribution in [0.3, 0.4) is 0 Å². The number of hydrogen-bond donors (Lipinski definition) is 3. The maximum absolute atomic E-state index is 10.9. The van der Waals surface area contributed by atoms with Gasteiger partial charge in [0, 0.05) is 4.88 Å². The average molecular weight is 246 g/mol. The molecule has 0 saturated heterocycles. The Morgan fingerprint density at radius 1 is 1.56 bits per heavy atom. The molecule has 0 bridgehead atoms. The molecule has 1 heterocycles. The second kappa shape index (κ2) is 5.95. The van der Waals surface area contributed by atoms with Crippen molar-refractivity contribution < 1.29 is 24.9 Å². The normalized spacial score (nSPS) is 14.5. The molecular formula is C10H14O5S. The van der Waals surface area contributed by atoms with E-state index in [0.29, 0.717) is 10.4 Å². The van der Waals surface area contributed by atoms with Crippen molar-refractivity contribution in [1.82, 2.24) is 0 Å². The fourth-order valence-corrected chi connectivity index (χ4v) is 2.00. The summed E-state index contributed by atoms with van der Waals surface area (Å²) in [4.78, 5) is 11.6. The Balaban J connectivity index is 2.62. The summed E-state index contributed by atoms with van der Waals surface area (Å²) in [7, 11) is 1.22. The van der Waals surface area contributed by atoms with Gasteiger partial charge in [-0.1, -0.05) is 0 Å². The van der Waals surface area contributed by atoms with Gasteiger partial charge in [-0.2, -0.15) is 0 Å². The lowest BCUT2D eigenvalue weighted by molar-refractivity contribution is -0.144. The Kier molecular flexibility index (Phi) is 4.88. The Bertz CT molecular complexity index is 349. The van der Waals surface area contributed by atoms with E-state index in [0.717, 1.165) is 0 Å². The number of esters is 1. The zero-order chi connectivity index (χ0) is 12.1. The number of hydrogen-bond acceptors (Lipinski definition) is 6. The molecule has 16 heavy (non-hydrogen) atoms. The van der Waals surface area contributed by atoms with Crippen LogP contribution in [0.1, 0.15) is 23.0 Å². The number of rotatable bonds is 5. The maximum atomic E-state index is 10.9. The van der Waals surface area contributed by atoms with E-state index in [-0.39, 0.29) is 13.0 Å². The van der Waals surface area contributed by atoms with Gasteiger partial charge in [-0.25, -0.2) is 0 Å². The topological polar surface area (TPSA) is 87.0 Å². The Morgan fingerprint density at radius 2 is 2.25 bits per heavy atom. The number of carbonyl (C=O) groups excluding carboxylic acids is 1. The third-order valence-corrected chi connectivity index (χ3v) is 3.08. The van der Waals surface area contributed by atoms with Crippen molar-refractivity contribution in [3.63, 3.8) is 0 Å². The Hall–Kier alpha value is -0.950. The van der Waals surface area contributed by atoms with Crippen molar-refractivity contribution in [2.75, 3.05) is 7.11 Å². The highest BCUT2D eigenvalue weighted by molar-refractivity contribution is 7.10. The third kappa shape index (κ3) is 3.28. The predicted molar refractivity (Wildman–Crippen MR) is 57.8 cm³/mol. The first-order chi connectivity index (χ1) is 7.58. The lowest BCUT2D eigenvalue weighted by Crippen LogP contribution is -2.22. The Labute approximate surface area is 96.9 Å². The SMILES string of the molecule is COC(=O)CC(O)C(O)c1csc(CO)c1. The molecule has 0 aliphatic carbocycles. The number of thiophene rings is 1. The van der Waals surface area contributed by atoms with E-state index in [9.17, 15) is 15.0 Å². The molecule has 5 nitrogen and oxygen atoms in total. The molecule has 2 unspecified atom stereocenters. The quantitative estimate of drug-likeness (QED) is 0.646. The Morgan fingerprint density at radius 3 is 2.75 bits per heavy atom. The molecule has 1 rings (SSSR count). The highest BCUT2D eigenvalue weighted by atomic mass is 32.1. The van der Waals surface area contributed by atoms with Gasteiger partial charge in [0.05, 0.1) is 26.2 Å². The minimum atomic E-state index is -1.20. The van der Waals surface area contributed by atoms with Crippen molar-refractivity contribution in [1.29, 1.82) is 0 Å².